The van der Waals surface area contributed by atoms with Crippen molar-refractivity contribution in [2.24, 2.45) is 0 Å². The number of rotatable bonds is 5. The third kappa shape index (κ3) is 5.15. The van der Waals surface area contributed by atoms with Crippen LogP contribution in [-0.2, 0) is 22.4 Å². The van der Waals surface area contributed by atoms with Gasteiger partial charge in [0.05, 0.1) is 17.9 Å². The van der Waals surface area contributed by atoms with Crippen LogP contribution in [0.25, 0.3) is 0 Å². The monoisotopic (exact) mass is 456 g/mol. The number of benzene rings is 3. The van der Waals surface area contributed by atoms with Crippen LogP contribution >= 0.6 is 0 Å². The SMILES string of the molecule is CC(=O)Nc1ccc(C(=O)Nc2ccc3c(c2)N(C(=O)CN(C)C)c2ccccc2CC3)cc1. The standard InChI is InChI=1S/C27H28N4O3/c1-18(32)28-22-13-11-21(12-14-22)27(34)29-23-15-10-20-9-8-19-6-4-5-7-24(19)31(25(20)16-23)26(33)17-30(2)3/h4-7,10-16H,8-9,17H2,1-3H3,(H,28,32)(H,29,34). The largest absolute Gasteiger partial charge is 0.326 e. The molecule has 7 heteroatoms. The lowest BCUT2D eigenvalue weighted by atomic mass is 10.0. The first kappa shape index (κ1) is 23.2. The fraction of sp³-hybridized carbons (Fsp3) is 0.222. The topological polar surface area (TPSA) is 81.8 Å². The van der Waals surface area contributed by atoms with Crippen molar-refractivity contribution in [2.75, 3.05) is 36.2 Å². The highest BCUT2D eigenvalue weighted by Crippen LogP contribution is 2.37. The summed E-state index contributed by atoms with van der Waals surface area (Å²) in [5, 5.41) is 5.62. The van der Waals surface area contributed by atoms with Crippen LogP contribution in [0, 0.1) is 0 Å². The number of carbonyl (C=O) groups is 3. The zero-order chi connectivity index (χ0) is 24.2. The van der Waals surface area contributed by atoms with E-state index in [1.807, 2.05) is 55.4 Å². The molecule has 0 atom stereocenters. The van der Waals surface area contributed by atoms with E-state index in [2.05, 4.69) is 16.7 Å². The van der Waals surface area contributed by atoms with Gasteiger partial charge < -0.3 is 15.5 Å². The fourth-order valence-corrected chi connectivity index (χ4v) is 4.12. The molecule has 0 bridgehead atoms. The molecular formula is C27H28N4O3. The Morgan fingerprint density at radius 2 is 1.47 bits per heavy atom. The summed E-state index contributed by atoms with van der Waals surface area (Å²) in [5.41, 5.74) is 5.55. The van der Waals surface area contributed by atoms with Gasteiger partial charge in [-0.05, 0) is 80.5 Å². The van der Waals surface area contributed by atoms with E-state index in [0.717, 1.165) is 35.3 Å². The molecule has 7 nitrogen and oxygen atoms in total. The highest BCUT2D eigenvalue weighted by molar-refractivity contribution is 6.07. The number of hydrogen-bond donors (Lipinski definition) is 2. The number of hydrogen-bond acceptors (Lipinski definition) is 4. The molecule has 0 aliphatic carbocycles. The first-order valence-corrected chi connectivity index (χ1v) is 11.2. The molecular weight excluding hydrogens is 428 g/mol. The summed E-state index contributed by atoms with van der Waals surface area (Å²) in [4.78, 5) is 41.0. The number of nitrogens with one attached hydrogen (secondary N) is 2. The maximum atomic E-state index is 13.3. The van der Waals surface area contributed by atoms with Gasteiger partial charge in [0.15, 0.2) is 0 Å². The van der Waals surface area contributed by atoms with Gasteiger partial charge in [0, 0.05) is 23.9 Å². The molecule has 3 aromatic rings. The number of likely N-dealkylation sites (N-methyl/N-ethyl adjacent to an activating group) is 1. The molecule has 0 saturated carbocycles. The van der Waals surface area contributed by atoms with Crippen LogP contribution in [0.2, 0.25) is 0 Å². The first-order valence-electron chi connectivity index (χ1n) is 11.2. The zero-order valence-electron chi connectivity index (χ0n) is 19.6. The highest BCUT2D eigenvalue weighted by atomic mass is 16.2. The van der Waals surface area contributed by atoms with Crippen LogP contribution in [-0.4, -0.2) is 43.3 Å². The molecule has 1 aliphatic rings. The Balaban J connectivity index is 1.64. The predicted molar refractivity (Wildman–Crippen MR) is 135 cm³/mol. The number of aryl methyl sites for hydroxylation is 2. The molecule has 3 amide bonds. The van der Waals surface area contributed by atoms with Crippen molar-refractivity contribution >= 4 is 40.5 Å². The average molecular weight is 457 g/mol. The van der Waals surface area contributed by atoms with E-state index < -0.39 is 0 Å². The van der Waals surface area contributed by atoms with Crippen LogP contribution < -0.4 is 15.5 Å². The number of fused-ring (bicyclic) bond motifs is 2. The van der Waals surface area contributed by atoms with Crippen LogP contribution in [0.15, 0.2) is 66.7 Å². The predicted octanol–water partition coefficient (Wildman–Crippen LogP) is 4.22. The van der Waals surface area contributed by atoms with Crippen LogP contribution in [0.5, 0.6) is 0 Å². The molecule has 0 spiro atoms. The maximum absolute atomic E-state index is 13.3. The molecule has 174 valence electrons. The van der Waals surface area contributed by atoms with E-state index in [1.165, 1.54) is 6.92 Å². The van der Waals surface area contributed by atoms with Crippen LogP contribution in [0.3, 0.4) is 0 Å². The van der Waals surface area contributed by atoms with Crippen molar-refractivity contribution < 1.29 is 14.4 Å². The van der Waals surface area contributed by atoms with Crippen molar-refractivity contribution in [3.8, 4) is 0 Å². The smallest absolute Gasteiger partial charge is 0.255 e. The van der Waals surface area contributed by atoms with Gasteiger partial charge in [0.1, 0.15) is 0 Å². The summed E-state index contributed by atoms with van der Waals surface area (Å²) in [6.07, 6.45) is 1.64. The second kappa shape index (κ2) is 9.89. The zero-order valence-corrected chi connectivity index (χ0v) is 19.6. The molecule has 2 N–H and O–H groups in total. The molecule has 0 fully saturated rings. The van der Waals surface area contributed by atoms with E-state index >= 15 is 0 Å². The lowest BCUT2D eigenvalue weighted by molar-refractivity contribution is -0.118. The Kier molecular flexibility index (Phi) is 6.75. The molecule has 34 heavy (non-hydrogen) atoms. The molecule has 0 saturated heterocycles. The minimum absolute atomic E-state index is 0.0300. The summed E-state index contributed by atoms with van der Waals surface area (Å²) in [5.74, 6) is -0.468. The minimum Gasteiger partial charge on any atom is -0.326 e. The van der Waals surface area contributed by atoms with Gasteiger partial charge in [0.2, 0.25) is 11.8 Å². The number of anilines is 4. The van der Waals surface area contributed by atoms with Gasteiger partial charge in [-0.3, -0.25) is 19.3 Å². The van der Waals surface area contributed by atoms with E-state index in [1.54, 1.807) is 29.2 Å². The quantitative estimate of drug-likeness (QED) is 0.602. The van der Waals surface area contributed by atoms with Gasteiger partial charge in [-0.25, -0.2) is 0 Å². The van der Waals surface area contributed by atoms with Gasteiger partial charge >= 0.3 is 0 Å². The molecule has 0 aromatic heterocycles. The van der Waals surface area contributed by atoms with Crippen molar-refractivity contribution in [3.63, 3.8) is 0 Å². The van der Waals surface area contributed by atoms with Gasteiger partial charge in [-0.2, -0.15) is 0 Å². The molecule has 1 aliphatic heterocycles. The number of nitrogens with zero attached hydrogens (tertiary/aromatic N) is 2. The summed E-state index contributed by atoms with van der Waals surface area (Å²) in [6, 6.07) is 20.4. The van der Waals surface area contributed by atoms with Crippen molar-refractivity contribution in [3.05, 3.63) is 83.4 Å². The maximum Gasteiger partial charge on any atom is 0.255 e. The Morgan fingerprint density at radius 1 is 0.824 bits per heavy atom. The Bertz CT molecular complexity index is 1230. The minimum atomic E-state index is -0.269. The molecule has 1 heterocycles. The summed E-state index contributed by atoms with van der Waals surface area (Å²) < 4.78 is 0. The second-order valence-electron chi connectivity index (χ2n) is 8.65. The third-order valence-electron chi connectivity index (χ3n) is 5.65. The van der Waals surface area contributed by atoms with Crippen LogP contribution in [0.4, 0.5) is 22.7 Å². The highest BCUT2D eigenvalue weighted by Gasteiger charge is 2.26. The molecule has 3 aromatic carbocycles. The molecule has 0 radical (unpaired) electrons. The number of para-hydroxylation sites is 1. The van der Waals surface area contributed by atoms with Gasteiger partial charge in [-0.15, -0.1) is 0 Å². The lowest BCUT2D eigenvalue weighted by Crippen LogP contribution is -2.35. The van der Waals surface area contributed by atoms with Gasteiger partial charge in [-0.1, -0.05) is 24.3 Å². The lowest BCUT2D eigenvalue weighted by Gasteiger charge is -2.27. The van der Waals surface area contributed by atoms with Crippen LogP contribution in [0.1, 0.15) is 28.4 Å². The summed E-state index contributed by atoms with van der Waals surface area (Å²) >= 11 is 0. The third-order valence-corrected chi connectivity index (χ3v) is 5.65. The Hall–Kier alpha value is -3.97. The van der Waals surface area contributed by atoms with Crippen molar-refractivity contribution in [2.45, 2.75) is 19.8 Å². The Labute approximate surface area is 199 Å². The van der Waals surface area contributed by atoms with Crippen molar-refractivity contribution in [1.82, 2.24) is 4.90 Å². The summed E-state index contributed by atoms with van der Waals surface area (Å²) in [7, 11) is 3.74. The first-order chi connectivity index (χ1) is 16.3. The second-order valence-corrected chi connectivity index (χ2v) is 8.65. The number of amides is 3. The molecule has 0 unspecified atom stereocenters. The number of carbonyl (C=O) groups excluding carboxylic acids is 3. The fourth-order valence-electron chi connectivity index (χ4n) is 4.12. The Morgan fingerprint density at radius 3 is 2.15 bits per heavy atom. The van der Waals surface area contributed by atoms with E-state index in [4.69, 9.17) is 0 Å². The average Bonchev–Trinajstić information content (AvgIpc) is 2.95. The van der Waals surface area contributed by atoms with Crippen molar-refractivity contribution in [1.29, 1.82) is 0 Å². The summed E-state index contributed by atoms with van der Waals surface area (Å²) in [6.45, 7) is 1.70. The molecule has 4 rings (SSSR count). The van der Waals surface area contributed by atoms with E-state index in [0.29, 0.717) is 16.9 Å². The van der Waals surface area contributed by atoms with E-state index in [-0.39, 0.29) is 24.3 Å². The van der Waals surface area contributed by atoms with Gasteiger partial charge in [0.25, 0.3) is 5.91 Å². The van der Waals surface area contributed by atoms with E-state index in [9.17, 15) is 14.4 Å². The normalized spacial score (nSPS) is 12.4.